The highest BCUT2D eigenvalue weighted by molar-refractivity contribution is 5.85. The summed E-state index contributed by atoms with van der Waals surface area (Å²) in [5.74, 6) is -0.00221. The zero-order valence-corrected chi connectivity index (χ0v) is 13.4. The minimum atomic E-state index is -0.294. The van der Waals surface area contributed by atoms with E-state index in [9.17, 15) is 9.18 Å². The largest absolute Gasteiger partial charge is 0.342 e. The van der Waals surface area contributed by atoms with Crippen LogP contribution in [0.4, 0.5) is 4.39 Å². The molecule has 0 aromatic heterocycles. The molecule has 1 aliphatic rings. The van der Waals surface area contributed by atoms with Crippen LogP contribution in [-0.4, -0.2) is 29.9 Å². The number of nitrogens with two attached hydrogens (primary N) is 1. The highest BCUT2D eigenvalue weighted by atomic mass is 35.5. The highest BCUT2D eigenvalue weighted by Crippen LogP contribution is 2.24. The third kappa shape index (κ3) is 4.42. The van der Waals surface area contributed by atoms with E-state index >= 15 is 0 Å². The minimum Gasteiger partial charge on any atom is -0.342 e. The molecule has 2 N–H and O–H groups in total. The molecule has 3 nitrogen and oxygen atoms in total. The summed E-state index contributed by atoms with van der Waals surface area (Å²) in [6.45, 7) is 5.38. The summed E-state index contributed by atoms with van der Waals surface area (Å²) >= 11 is 0. The van der Waals surface area contributed by atoms with Gasteiger partial charge in [-0.2, -0.15) is 0 Å². The monoisotopic (exact) mass is 314 g/mol. The lowest BCUT2D eigenvalue weighted by Gasteiger charge is -2.35. The molecule has 1 saturated heterocycles. The van der Waals surface area contributed by atoms with Gasteiger partial charge in [0.25, 0.3) is 0 Å². The molecule has 21 heavy (non-hydrogen) atoms. The van der Waals surface area contributed by atoms with Gasteiger partial charge in [0.05, 0.1) is 5.92 Å². The Morgan fingerprint density at radius 3 is 2.48 bits per heavy atom. The summed E-state index contributed by atoms with van der Waals surface area (Å²) < 4.78 is 13.2. The maximum absolute atomic E-state index is 13.2. The number of halogens is 2. The number of rotatable bonds is 3. The van der Waals surface area contributed by atoms with E-state index in [-0.39, 0.29) is 36.1 Å². The number of amides is 1. The molecule has 1 heterocycles. The molecule has 118 valence electrons. The van der Waals surface area contributed by atoms with Crippen molar-refractivity contribution in [2.45, 2.75) is 38.6 Å². The quantitative estimate of drug-likeness (QED) is 0.932. The molecule has 0 radical (unpaired) electrons. The maximum Gasteiger partial charge on any atom is 0.229 e. The second kappa shape index (κ2) is 7.76. The van der Waals surface area contributed by atoms with Crippen LogP contribution in [-0.2, 0) is 4.79 Å². The van der Waals surface area contributed by atoms with Gasteiger partial charge in [-0.3, -0.25) is 4.79 Å². The predicted octanol–water partition coefficient (Wildman–Crippen LogP) is 2.94. The number of hydrogen-bond acceptors (Lipinski definition) is 2. The van der Waals surface area contributed by atoms with Crippen LogP contribution < -0.4 is 5.73 Å². The molecular formula is C16H24ClFN2O. The molecular weight excluding hydrogens is 291 g/mol. The van der Waals surface area contributed by atoms with E-state index in [0.29, 0.717) is 5.92 Å². The van der Waals surface area contributed by atoms with E-state index in [1.165, 1.54) is 12.1 Å². The molecule has 0 spiro atoms. The minimum absolute atomic E-state index is 0. The molecule has 0 bridgehead atoms. The first-order valence-corrected chi connectivity index (χ1v) is 7.29. The molecule has 2 atom stereocenters. The zero-order chi connectivity index (χ0) is 14.7. The van der Waals surface area contributed by atoms with E-state index in [4.69, 9.17) is 5.73 Å². The van der Waals surface area contributed by atoms with Crippen LogP contribution in [0.2, 0.25) is 0 Å². The first-order valence-electron chi connectivity index (χ1n) is 7.29. The molecule has 2 unspecified atom stereocenters. The highest BCUT2D eigenvalue weighted by Gasteiger charge is 2.28. The Kier molecular flexibility index (Phi) is 6.62. The molecule has 0 saturated carbocycles. The van der Waals surface area contributed by atoms with Crippen LogP contribution in [0.25, 0.3) is 0 Å². The van der Waals surface area contributed by atoms with Gasteiger partial charge in [-0.25, -0.2) is 4.39 Å². The van der Waals surface area contributed by atoms with E-state index in [1.54, 1.807) is 12.1 Å². The van der Waals surface area contributed by atoms with Gasteiger partial charge in [-0.15, -0.1) is 12.4 Å². The van der Waals surface area contributed by atoms with Gasteiger partial charge < -0.3 is 10.6 Å². The van der Waals surface area contributed by atoms with E-state index in [2.05, 4.69) is 0 Å². The summed E-state index contributed by atoms with van der Waals surface area (Å²) in [6, 6.07) is 6.48. The molecule has 2 rings (SSSR count). The second-order valence-corrected chi connectivity index (χ2v) is 5.80. The third-order valence-corrected chi connectivity index (χ3v) is 4.31. The molecule has 1 fully saturated rings. The summed E-state index contributed by atoms with van der Waals surface area (Å²) in [4.78, 5) is 14.3. The Morgan fingerprint density at radius 2 is 1.95 bits per heavy atom. The van der Waals surface area contributed by atoms with E-state index < -0.39 is 0 Å². The Bertz CT molecular complexity index is 473. The van der Waals surface area contributed by atoms with Gasteiger partial charge in [0.1, 0.15) is 5.82 Å². The van der Waals surface area contributed by atoms with Crippen molar-refractivity contribution in [3.8, 4) is 0 Å². The van der Waals surface area contributed by atoms with E-state index in [0.717, 1.165) is 31.5 Å². The molecule has 1 aromatic carbocycles. The Morgan fingerprint density at radius 1 is 1.33 bits per heavy atom. The SMILES string of the molecule is CC(C(=O)N1CCC(C(C)N)CC1)c1cccc(F)c1.Cl. The second-order valence-electron chi connectivity index (χ2n) is 5.80. The standard InChI is InChI=1S/C16H23FN2O.ClH/c1-11(14-4-3-5-15(17)10-14)16(20)19-8-6-13(7-9-19)12(2)18;/h3-5,10-13H,6-9,18H2,1-2H3;1H. The number of likely N-dealkylation sites (tertiary alicyclic amines) is 1. The number of carbonyl (C=O) groups excluding carboxylic acids is 1. The normalized spacial score (nSPS) is 18.8. The van der Waals surface area contributed by atoms with Crippen LogP contribution in [0.5, 0.6) is 0 Å². The topological polar surface area (TPSA) is 46.3 Å². The van der Waals surface area contributed by atoms with Crippen molar-refractivity contribution in [1.82, 2.24) is 4.90 Å². The van der Waals surface area contributed by atoms with Crippen molar-refractivity contribution in [1.29, 1.82) is 0 Å². The summed E-state index contributed by atoms with van der Waals surface area (Å²) in [5.41, 5.74) is 6.65. The number of nitrogens with zero attached hydrogens (tertiary/aromatic N) is 1. The predicted molar refractivity (Wildman–Crippen MR) is 85.0 cm³/mol. The van der Waals surface area contributed by atoms with Crippen LogP contribution >= 0.6 is 12.4 Å². The number of benzene rings is 1. The lowest BCUT2D eigenvalue weighted by atomic mass is 9.90. The zero-order valence-electron chi connectivity index (χ0n) is 12.6. The summed E-state index contributed by atoms with van der Waals surface area (Å²) in [7, 11) is 0. The molecule has 1 amide bonds. The van der Waals surface area contributed by atoms with Gasteiger partial charge in [0.2, 0.25) is 5.91 Å². The Hall–Kier alpha value is -1.13. The lowest BCUT2D eigenvalue weighted by molar-refractivity contribution is -0.133. The van der Waals surface area contributed by atoms with Gasteiger partial charge in [-0.1, -0.05) is 12.1 Å². The number of carbonyl (C=O) groups is 1. The average molecular weight is 315 g/mol. The van der Waals surface area contributed by atoms with Crippen LogP contribution in [0, 0.1) is 11.7 Å². The molecule has 0 aliphatic carbocycles. The van der Waals surface area contributed by atoms with Crippen molar-refractivity contribution in [2.24, 2.45) is 11.7 Å². The van der Waals surface area contributed by atoms with Crippen molar-refractivity contribution in [3.05, 3.63) is 35.6 Å². The Balaban J connectivity index is 0.00000220. The fourth-order valence-electron chi connectivity index (χ4n) is 2.84. The van der Waals surface area contributed by atoms with Crippen LogP contribution in [0.15, 0.2) is 24.3 Å². The van der Waals surface area contributed by atoms with Crippen molar-refractivity contribution >= 4 is 18.3 Å². The lowest BCUT2D eigenvalue weighted by Crippen LogP contribution is -2.43. The van der Waals surface area contributed by atoms with Gasteiger partial charge in [-0.05, 0) is 50.3 Å². The first kappa shape index (κ1) is 17.9. The molecule has 5 heteroatoms. The van der Waals surface area contributed by atoms with Crippen molar-refractivity contribution in [2.75, 3.05) is 13.1 Å². The van der Waals surface area contributed by atoms with Gasteiger partial charge in [0, 0.05) is 19.1 Å². The van der Waals surface area contributed by atoms with Gasteiger partial charge in [0.15, 0.2) is 0 Å². The fourth-order valence-corrected chi connectivity index (χ4v) is 2.84. The third-order valence-electron chi connectivity index (χ3n) is 4.31. The van der Waals surface area contributed by atoms with Crippen LogP contribution in [0.3, 0.4) is 0 Å². The molecule has 1 aromatic rings. The van der Waals surface area contributed by atoms with E-state index in [1.807, 2.05) is 18.7 Å². The van der Waals surface area contributed by atoms with Crippen molar-refractivity contribution in [3.63, 3.8) is 0 Å². The first-order chi connectivity index (χ1) is 9.49. The van der Waals surface area contributed by atoms with Gasteiger partial charge >= 0.3 is 0 Å². The summed E-state index contributed by atoms with van der Waals surface area (Å²) in [6.07, 6.45) is 1.92. The maximum atomic E-state index is 13.2. The van der Waals surface area contributed by atoms with Crippen molar-refractivity contribution < 1.29 is 9.18 Å². The molecule has 1 aliphatic heterocycles. The Labute approximate surface area is 132 Å². The fraction of sp³-hybridized carbons (Fsp3) is 0.562. The number of hydrogen-bond donors (Lipinski definition) is 1. The average Bonchev–Trinajstić information content (AvgIpc) is 2.46. The smallest absolute Gasteiger partial charge is 0.229 e. The number of piperidine rings is 1. The summed E-state index contributed by atoms with van der Waals surface area (Å²) in [5, 5.41) is 0. The van der Waals surface area contributed by atoms with Crippen LogP contribution in [0.1, 0.15) is 38.2 Å².